The summed E-state index contributed by atoms with van der Waals surface area (Å²) in [6.45, 7) is 0. The van der Waals surface area contributed by atoms with Crippen molar-refractivity contribution in [3.05, 3.63) is 45.5 Å². The van der Waals surface area contributed by atoms with E-state index in [1.807, 2.05) is 0 Å². The standard InChI is InChI=1S/C12H9Cl2F3N2O2/c13-7-2-1-6(8(14)4-7)3-10-18-11(21-19-10)5-9(20)12(15,16)17/h1-2,4,9,20H,3,5H2. The second-order valence-corrected chi connectivity index (χ2v) is 5.12. The molecule has 2 aromatic rings. The van der Waals surface area contributed by atoms with Crippen molar-refractivity contribution in [2.24, 2.45) is 0 Å². The van der Waals surface area contributed by atoms with Crippen molar-refractivity contribution in [3.8, 4) is 0 Å². The van der Waals surface area contributed by atoms with Gasteiger partial charge >= 0.3 is 6.18 Å². The highest BCUT2D eigenvalue weighted by Gasteiger charge is 2.39. The summed E-state index contributed by atoms with van der Waals surface area (Å²) in [7, 11) is 0. The quantitative estimate of drug-likeness (QED) is 0.926. The van der Waals surface area contributed by atoms with Crippen molar-refractivity contribution in [1.29, 1.82) is 0 Å². The number of aliphatic hydroxyl groups excluding tert-OH is 1. The van der Waals surface area contributed by atoms with Crippen molar-refractivity contribution in [1.82, 2.24) is 10.1 Å². The van der Waals surface area contributed by atoms with E-state index in [1.165, 1.54) is 6.07 Å². The maximum atomic E-state index is 12.2. The van der Waals surface area contributed by atoms with Gasteiger partial charge in [-0.05, 0) is 17.7 Å². The number of alkyl halides is 3. The fourth-order valence-electron chi connectivity index (χ4n) is 1.56. The van der Waals surface area contributed by atoms with Gasteiger partial charge in [-0.15, -0.1) is 0 Å². The largest absolute Gasteiger partial charge is 0.414 e. The number of aromatic nitrogens is 2. The molecule has 1 N–H and O–H groups in total. The molecule has 9 heteroatoms. The van der Waals surface area contributed by atoms with Crippen molar-refractivity contribution < 1.29 is 22.8 Å². The first kappa shape index (κ1) is 16.1. The predicted molar refractivity (Wildman–Crippen MR) is 69.3 cm³/mol. The molecule has 4 nitrogen and oxygen atoms in total. The van der Waals surface area contributed by atoms with Crippen LogP contribution in [0.25, 0.3) is 0 Å². The molecule has 2 rings (SSSR count). The van der Waals surface area contributed by atoms with Crippen LogP contribution in [0.5, 0.6) is 0 Å². The molecule has 1 aromatic carbocycles. The Morgan fingerprint density at radius 1 is 1.29 bits per heavy atom. The first-order valence-electron chi connectivity index (χ1n) is 5.76. The number of benzene rings is 1. The summed E-state index contributed by atoms with van der Waals surface area (Å²) in [5, 5.41) is 13.3. The van der Waals surface area contributed by atoms with Crippen molar-refractivity contribution in [2.75, 3.05) is 0 Å². The predicted octanol–water partition coefficient (Wildman–Crippen LogP) is 3.43. The zero-order chi connectivity index (χ0) is 15.6. The van der Waals surface area contributed by atoms with Crippen LogP contribution in [-0.4, -0.2) is 27.5 Å². The Morgan fingerprint density at radius 3 is 2.62 bits per heavy atom. The molecule has 1 unspecified atom stereocenters. The van der Waals surface area contributed by atoms with Gasteiger partial charge in [0.15, 0.2) is 11.9 Å². The van der Waals surface area contributed by atoms with Crippen LogP contribution in [0.1, 0.15) is 17.3 Å². The Kier molecular flexibility index (Phi) is 4.75. The van der Waals surface area contributed by atoms with Crippen molar-refractivity contribution in [3.63, 3.8) is 0 Å². The Balaban J connectivity index is 2.06. The number of aliphatic hydroxyl groups is 1. The average molecular weight is 341 g/mol. The van der Waals surface area contributed by atoms with Crippen LogP contribution < -0.4 is 0 Å². The van der Waals surface area contributed by atoms with E-state index in [2.05, 4.69) is 14.7 Å². The van der Waals surface area contributed by atoms with E-state index in [0.717, 1.165) is 0 Å². The molecule has 0 aliphatic heterocycles. The first-order valence-corrected chi connectivity index (χ1v) is 6.51. The molecule has 0 aliphatic carbocycles. The molecule has 0 amide bonds. The van der Waals surface area contributed by atoms with E-state index in [0.29, 0.717) is 15.6 Å². The second-order valence-electron chi connectivity index (χ2n) is 4.28. The number of hydrogen-bond donors (Lipinski definition) is 1. The van der Waals surface area contributed by atoms with Gasteiger partial charge in [-0.3, -0.25) is 0 Å². The molecule has 0 fully saturated rings. The van der Waals surface area contributed by atoms with Gasteiger partial charge in [0.25, 0.3) is 0 Å². The van der Waals surface area contributed by atoms with Crippen LogP contribution in [0.2, 0.25) is 10.0 Å². The maximum absolute atomic E-state index is 12.2. The molecule has 1 atom stereocenters. The SMILES string of the molecule is OC(Cc1nc(Cc2ccc(Cl)cc2Cl)no1)C(F)(F)F. The third kappa shape index (κ3) is 4.33. The molecule has 114 valence electrons. The molecule has 0 aliphatic rings. The summed E-state index contributed by atoms with van der Waals surface area (Å²) in [6.07, 6.45) is -7.87. The summed E-state index contributed by atoms with van der Waals surface area (Å²) in [5.41, 5.74) is 0.657. The highest BCUT2D eigenvalue weighted by molar-refractivity contribution is 6.35. The first-order chi connectivity index (χ1) is 9.75. The zero-order valence-electron chi connectivity index (χ0n) is 10.4. The normalized spacial score (nSPS) is 13.4. The van der Waals surface area contributed by atoms with E-state index < -0.39 is 18.7 Å². The van der Waals surface area contributed by atoms with Gasteiger partial charge in [0.2, 0.25) is 5.89 Å². The Hall–Kier alpha value is -1.31. The third-order valence-corrected chi connectivity index (χ3v) is 3.21. The van der Waals surface area contributed by atoms with Gasteiger partial charge < -0.3 is 9.63 Å². The lowest BCUT2D eigenvalue weighted by molar-refractivity contribution is -0.204. The Labute approximate surface area is 127 Å². The Morgan fingerprint density at radius 2 is 2.00 bits per heavy atom. The molecule has 1 aromatic heterocycles. The van der Waals surface area contributed by atoms with Crippen LogP contribution >= 0.6 is 23.2 Å². The maximum Gasteiger partial charge on any atom is 0.414 e. The van der Waals surface area contributed by atoms with Crippen molar-refractivity contribution in [2.45, 2.75) is 25.1 Å². The lowest BCUT2D eigenvalue weighted by Crippen LogP contribution is -2.30. The van der Waals surface area contributed by atoms with Gasteiger partial charge in [0.1, 0.15) is 0 Å². The van der Waals surface area contributed by atoms with E-state index in [4.69, 9.17) is 28.3 Å². The van der Waals surface area contributed by atoms with Crippen LogP contribution in [0.15, 0.2) is 22.7 Å². The van der Waals surface area contributed by atoms with Crippen LogP contribution in [0.4, 0.5) is 13.2 Å². The molecule has 21 heavy (non-hydrogen) atoms. The number of halogens is 5. The molecule has 0 saturated carbocycles. The van der Waals surface area contributed by atoms with Gasteiger partial charge in [0.05, 0.1) is 6.42 Å². The van der Waals surface area contributed by atoms with E-state index in [1.54, 1.807) is 12.1 Å². The smallest absolute Gasteiger partial charge is 0.383 e. The highest BCUT2D eigenvalue weighted by Crippen LogP contribution is 2.24. The Bertz CT molecular complexity index is 631. The number of hydrogen-bond acceptors (Lipinski definition) is 4. The minimum Gasteiger partial charge on any atom is -0.383 e. The lowest BCUT2D eigenvalue weighted by atomic mass is 10.1. The van der Waals surface area contributed by atoms with Crippen molar-refractivity contribution >= 4 is 23.2 Å². The minimum atomic E-state index is -4.73. The second kappa shape index (κ2) is 6.21. The van der Waals surface area contributed by atoms with Gasteiger partial charge in [-0.2, -0.15) is 18.2 Å². The molecule has 0 bridgehead atoms. The summed E-state index contributed by atoms with van der Waals surface area (Å²) in [4.78, 5) is 3.79. The summed E-state index contributed by atoms with van der Waals surface area (Å²) >= 11 is 11.7. The third-order valence-electron chi connectivity index (χ3n) is 2.62. The molecule has 0 saturated heterocycles. The average Bonchev–Trinajstić information content (AvgIpc) is 2.79. The van der Waals surface area contributed by atoms with E-state index >= 15 is 0 Å². The topological polar surface area (TPSA) is 59.2 Å². The number of rotatable bonds is 4. The molecule has 1 heterocycles. The van der Waals surface area contributed by atoms with Crippen LogP contribution in [0.3, 0.4) is 0 Å². The van der Waals surface area contributed by atoms with Crippen LogP contribution in [0, 0.1) is 0 Å². The number of nitrogens with zero attached hydrogens (tertiary/aromatic N) is 2. The molecular formula is C12H9Cl2F3N2O2. The zero-order valence-corrected chi connectivity index (χ0v) is 11.9. The highest BCUT2D eigenvalue weighted by atomic mass is 35.5. The van der Waals surface area contributed by atoms with Gasteiger partial charge in [-0.25, -0.2) is 0 Å². The van der Waals surface area contributed by atoms with Gasteiger partial charge in [0, 0.05) is 16.5 Å². The summed E-state index contributed by atoms with van der Waals surface area (Å²) in [6, 6.07) is 4.81. The summed E-state index contributed by atoms with van der Waals surface area (Å²) in [5.74, 6) is -0.122. The van der Waals surface area contributed by atoms with E-state index in [9.17, 15) is 13.2 Å². The van der Waals surface area contributed by atoms with Crippen LogP contribution in [-0.2, 0) is 12.8 Å². The lowest BCUT2D eigenvalue weighted by Gasteiger charge is -2.11. The monoisotopic (exact) mass is 340 g/mol. The summed E-state index contributed by atoms with van der Waals surface area (Å²) < 4.78 is 41.3. The minimum absolute atomic E-state index is 0.170. The fraction of sp³-hybridized carbons (Fsp3) is 0.333. The molecule has 0 spiro atoms. The molecular weight excluding hydrogens is 332 g/mol. The fourth-order valence-corrected chi connectivity index (χ4v) is 2.04. The van der Waals surface area contributed by atoms with Gasteiger partial charge in [-0.1, -0.05) is 34.4 Å². The molecule has 0 radical (unpaired) electrons. The van der Waals surface area contributed by atoms with E-state index in [-0.39, 0.29) is 18.1 Å².